The van der Waals surface area contributed by atoms with E-state index in [-0.39, 0.29) is 29.7 Å². The maximum atomic E-state index is 11.9. The lowest BCUT2D eigenvalue weighted by Gasteiger charge is -2.09. The van der Waals surface area contributed by atoms with E-state index in [4.69, 9.17) is 0 Å². The van der Waals surface area contributed by atoms with Gasteiger partial charge in [0.1, 0.15) is 0 Å². The average Bonchev–Trinajstić information content (AvgIpc) is 2.24. The van der Waals surface area contributed by atoms with Gasteiger partial charge in [0.25, 0.3) is 5.69 Å². The maximum absolute atomic E-state index is 11.9. The maximum Gasteiger partial charge on any atom is 0.441 e. The largest absolute Gasteiger partial charge is 0.441 e. The second-order valence-corrected chi connectivity index (χ2v) is 5.16. The predicted molar refractivity (Wildman–Crippen MR) is 67.8 cm³/mol. The SMILES string of the molecule is O=[N+]([O-])c1ccc(NCCSC(F)(F)F)c(Br)c1. The Labute approximate surface area is 113 Å². The number of nitrogens with zero attached hydrogens (tertiary/aromatic N) is 1. The molecule has 0 aliphatic heterocycles. The number of thioether (sulfide) groups is 1. The molecule has 0 atom stereocenters. The number of hydrogen-bond donors (Lipinski definition) is 1. The Bertz CT molecular complexity index is 442. The van der Waals surface area contributed by atoms with Crippen LogP contribution in [-0.2, 0) is 0 Å². The molecule has 0 amide bonds. The molecule has 9 heteroatoms. The molecule has 1 N–H and O–H groups in total. The number of halogens is 4. The predicted octanol–water partition coefficient (Wildman–Crippen LogP) is 4.02. The number of hydrogen-bond acceptors (Lipinski definition) is 4. The quantitative estimate of drug-likeness (QED) is 0.498. The van der Waals surface area contributed by atoms with Crippen molar-refractivity contribution >= 4 is 39.1 Å². The molecule has 0 aromatic heterocycles. The smallest absolute Gasteiger partial charge is 0.383 e. The first kappa shape index (κ1) is 15.1. The number of nitro benzene ring substituents is 1. The summed E-state index contributed by atoms with van der Waals surface area (Å²) in [6, 6.07) is 4.02. The minimum atomic E-state index is -4.24. The van der Waals surface area contributed by atoms with Gasteiger partial charge < -0.3 is 5.32 Å². The van der Waals surface area contributed by atoms with Gasteiger partial charge in [0, 0.05) is 34.6 Å². The summed E-state index contributed by atoms with van der Waals surface area (Å²) in [6.45, 7) is 0.112. The van der Waals surface area contributed by atoms with Crippen LogP contribution in [0.3, 0.4) is 0 Å². The fourth-order valence-corrected chi connectivity index (χ4v) is 2.06. The average molecular weight is 345 g/mol. The first-order valence-corrected chi connectivity index (χ1v) is 6.46. The minimum absolute atomic E-state index is 0.0860. The fraction of sp³-hybridized carbons (Fsp3) is 0.333. The van der Waals surface area contributed by atoms with Gasteiger partial charge in [-0.3, -0.25) is 10.1 Å². The van der Waals surface area contributed by atoms with Crippen molar-refractivity contribution in [1.82, 2.24) is 0 Å². The van der Waals surface area contributed by atoms with Crippen LogP contribution in [0.5, 0.6) is 0 Å². The second kappa shape index (κ2) is 6.28. The Balaban J connectivity index is 2.51. The minimum Gasteiger partial charge on any atom is -0.383 e. The molecule has 1 aromatic rings. The van der Waals surface area contributed by atoms with E-state index in [9.17, 15) is 23.3 Å². The number of non-ortho nitro benzene ring substituents is 1. The molecular formula is C9H8BrF3N2O2S. The van der Waals surface area contributed by atoms with Crippen LogP contribution in [-0.4, -0.2) is 22.7 Å². The standard InChI is InChI=1S/C9H8BrF3N2O2S/c10-7-5-6(15(16)17)1-2-8(7)14-3-4-18-9(11,12)13/h1-2,5,14H,3-4H2. The molecule has 0 fully saturated rings. The van der Waals surface area contributed by atoms with E-state index in [0.29, 0.717) is 10.2 Å². The van der Waals surface area contributed by atoms with Crippen molar-refractivity contribution < 1.29 is 18.1 Å². The van der Waals surface area contributed by atoms with Crippen LogP contribution in [0.2, 0.25) is 0 Å². The lowest BCUT2D eigenvalue weighted by Crippen LogP contribution is -2.09. The molecule has 18 heavy (non-hydrogen) atoms. The number of nitrogens with one attached hydrogen (secondary N) is 1. The van der Waals surface area contributed by atoms with Crippen molar-refractivity contribution in [3.05, 3.63) is 32.8 Å². The van der Waals surface area contributed by atoms with E-state index in [1.165, 1.54) is 18.2 Å². The summed E-state index contributed by atoms with van der Waals surface area (Å²) in [4.78, 5) is 9.92. The molecule has 100 valence electrons. The van der Waals surface area contributed by atoms with Gasteiger partial charge in [-0.05, 0) is 33.8 Å². The summed E-state index contributed by atoms with van der Waals surface area (Å²) in [5.74, 6) is -0.132. The molecule has 0 saturated carbocycles. The third kappa shape index (κ3) is 5.13. The first-order valence-electron chi connectivity index (χ1n) is 4.68. The molecule has 0 aliphatic carbocycles. The van der Waals surface area contributed by atoms with Crippen LogP contribution >= 0.6 is 27.7 Å². The highest BCUT2D eigenvalue weighted by atomic mass is 79.9. The number of rotatable bonds is 5. The Kier molecular flexibility index (Phi) is 5.27. The molecule has 0 spiro atoms. The highest BCUT2D eigenvalue weighted by Crippen LogP contribution is 2.30. The van der Waals surface area contributed by atoms with Crippen molar-refractivity contribution in [3.63, 3.8) is 0 Å². The zero-order chi connectivity index (χ0) is 13.8. The molecule has 0 radical (unpaired) electrons. The Morgan fingerprint density at radius 1 is 1.44 bits per heavy atom. The number of anilines is 1. The van der Waals surface area contributed by atoms with Gasteiger partial charge in [0.15, 0.2) is 0 Å². The van der Waals surface area contributed by atoms with Gasteiger partial charge in [-0.2, -0.15) is 13.2 Å². The Hall–Kier alpha value is -0.960. The lowest BCUT2D eigenvalue weighted by atomic mass is 10.3. The summed E-state index contributed by atoms with van der Waals surface area (Å²) in [5, 5.41) is 13.2. The molecule has 0 heterocycles. The van der Waals surface area contributed by atoms with Crippen molar-refractivity contribution in [2.24, 2.45) is 0 Å². The van der Waals surface area contributed by atoms with Gasteiger partial charge in [-0.25, -0.2) is 0 Å². The van der Waals surface area contributed by atoms with Gasteiger partial charge >= 0.3 is 5.51 Å². The third-order valence-corrected chi connectivity index (χ3v) is 3.24. The van der Waals surface area contributed by atoms with Crippen molar-refractivity contribution in [2.75, 3.05) is 17.6 Å². The monoisotopic (exact) mass is 344 g/mol. The van der Waals surface area contributed by atoms with E-state index in [2.05, 4.69) is 21.2 Å². The van der Waals surface area contributed by atoms with Gasteiger partial charge in [0.2, 0.25) is 0 Å². The number of alkyl halides is 3. The molecular weight excluding hydrogens is 337 g/mol. The van der Waals surface area contributed by atoms with Crippen molar-refractivity contribution in [3.8, 4) is 0 Å². The van der Waals surface area contributed by atoms with Crippen molar-refractivity contribution in [2.45, 2.75) is 5.51 Å². The zero-order valence-corrected chi connectivity index (χ0v) is 11.2. The zero-order valence-electron chi connectivity index (χ0n) is 8.83. The van der Waals surface area contributed by atoms with Crippen molar-refractivity contribution in [1.29, 1.82) is 0 Å². The third-order valence-electron chi connectivity index (χ3n) is 1.85. The summed E-state index contributed by atoms with van der Waals surface area (Å²) in [7, 11) is 0. The molecule has 4 nitrogen and oxygen atoms in total. The van der Waals surface area contributed by atoms with Crippen LogP contribution in [0.25, 0.3) is 0 Å². The van der Waals surface area contributed by atoms with Crippen LogP contribution in [0.15, 0.2) is 22.7 Å². The Morgan fingerprint density at radius 2 is 2.11 bits per heavy atom. The fourth-order valence-electron chi connectivity index (χ4n) is 1.11. The summed E-state index contributed by atoms with van der Waals surface area (Å²) in [6.07, 6.45) is 0. The molecule has 0 saturated heterocycles. The van der Waals surface area contributed by atoms with Gasteiger partial charge in [-0.1, -0.05) is 0 Å². The molecule has 1 aromatic carbocycles. The summed E-state index contributed by atoms with van der Waals surface area (Å²) >= 11 is 2.99. The molecule has 1 rings (SSSR count). The van der Waals surface area contributed by atoms with E-state index in [1.54, 1.807) is 0 Å². The van der Waals surface area contributed by atoms with Crippen LogP contribution < -0.4 is 5.32 Å². The number of benzene rings is 1. The van der Waals surface area contributed by atoms with E-state index in [0.717, 1.165) is 0 Å². The highest BCUT2D eigenvalue weighted by molar-refractivity contribution is 9.10. The topological polar surface area (TPSA) is 55.2 Å². The van der Waals surface area contributed by atoms with Gasteiger partial charge in [-0.15, -0.1) is 0 Å². The van der Waals surface area contributed by atoms with Crippen LogP contribution in [0, 0.1) is 10.1 Å². The van der Waals surface area contributed by atoms with E-state index >= 15 is 0 Å². The highest BCUT2D eigenvalue weighted by Gasteiger charge is 2.27. The Morgan fingerprint density at radius 3 is 2.61 bits per heavy atom. The van der Waals surface area contributed by atoms with Crippen LogP contribution in [0.1, 0.15) is 0 Å². The number of nitro groups is 1. The normalized spacial score (nSPS) is 11.3. The second-order valence-electron chi connectivity index (χ2n) is 3.14. The lowest BCUT2D eigenvalue weighted by molar-refractivity contribution is -0.384. The van der Waals surface area contributed by atoms with E-state index in [1.807, 2.05) is 0 Å². The molecule has 0 bridgehead atoms. The molecule has 0 aliphatic rings. The van der Waals surface area contributed by atoms with Crippen LogP contribution in [0.4, 0.5) is 24.5 Å². The van der Waals surface area contributed by atoms with E-state index < -0.39 is 10.4 Å². The summed E-state index contributed by atoms with van der Waals surface area (Å²) in [5.41, 5.74) is -3.81. The van der Waals surface area contributed by atoms with Gasteiger partial charge in [0.05, 0.1) is 4.92 Å². The molecule has 0 unspecified atom stereocenters. The summed E-state index contributed by atoms with van der Waals surface area (Å²) < 4.78 is 36.0. The first-order chi connectivity index (χ1) is 8.29.